The zero-order valence-corrected chi connectivity index (χ0v) is 14.1. The first kappa shape index (κ1) is 16.2. The molecule has 1 aromatic rings. The monoisotopic (exact) mass is 345 g/mol. The predicted molar refractivity (Wildman–Crippen MR) is 83.5 cm³/mol. The Labute approximate surface area is 136 Å². The van der Waals surface area contributed by atoms with Gasteiger partial charge in [-0.3, -0.25) is 0 Å². The first-order valence-corrected chi connectivity index (χ1v) is 9.29. The van der Waals surface area contributed by atoms with Gasteiger partial charge in [-0.05, 0) is 25.5 Å². The molecule has 0 N–H and O–H groups in total. The molecule has 2 fully saturated rings. The normalized spacial score (nSPS) is 25.1. The largest absolute Gasteiger partial charge is 0.378 e. The van der Waals surface area contributed by atoms with Crippen LogP contribution in [0.4, 0.5) is 0 Å². The molecule has 0 aromatic heterocycles. The second-order valence-electron chi connectivity index (χ2n) is 5.81. The molecule has 3 rings (SSSR count). The molecule has 1 aromatic carbocycles. The van der Waals surface area contributed by atoms with Gasteiger partial charge in [-0.15, -0.1) is 0 Å². The fourth-order valence-corrected chi connectivity index (χ4v) is 5.22. The second-order valence-corrected chi connectivity index (χ2v) is 8.12. The van der Waals surface area contributed by atoms with E-state index in [1.54, 1.807) is 18.2 Å². The molecule has 122 valence electrons. The van der Waals surface area contributed by atoms with Gasteiger partial charge in [-0.25, -0.2) is 8.42 Å². The summed E-state index contributed by atoms with van der Waals surface area (Å²) >= 11 is 6.02. The first-order chi connectivity index (χ1) is 10.5. The van der Waals surface area contributed by atoms with Gasteiger partial charge >= 0.3 is 0 Å². The Morgan fingerprint density at radius 2 is 2.14 bits per heavy atom. The summed E-state index contributed by atoms with van der Waals surface area (Å²) in [6.07, 6.45) is 1.77. The van der Waals surface area contributed by atoms with Crippen molar-refractivity contribution < 1.29 is 17.9 Å². The molecule has 1 atom stereocenters. The van der Waals surface area contributed by atoms with Crippen molar-refractivity contribution >= 4 is 21.6 Å². The van der Waals surface area contributed by atoms with E-state index in [4.69, 9.17) is 21.1 Å². The van der Waals surface area contributed by atoms with E-state index in [1.807, 2.05) is 6.92 Å². The summed E-state index contributed by atoms with van der Waals surface area (Å²) in [5.74, 6) is 0. The van der Waals surface area contributed by atoms with Crippen LogP contribution < -0.4 is 0 Å². The van der Waals surface area contributed by atoms with Crippen LogP contribution >= 0.6 is 11.6 Å². The third-order valence-electron chi connectivity index (χ3n) is 4.23. The van der Waals surface area contributed by atoms with E-state index in [0.29, 0.717) is 26.3 Å². The Kier molecular flexibility index (Phi) is 4.49. The van der Waals surface area contributed by atoms with E-state index in [2.05, 4.69) is 0 Å². The molecule has 1 spiro atoms. The summed E-state index contributed by atoms with van der Waals surface area (Å²) in [6.45, 7) is 3.98. The van der Waals surface area contributed by atoms with Gasteiger partial charge in [0.05, 0.1) is 16.7 Å². The zero-order valence-electron chi connectivity index (χ0n) is 12.5. The second kappa shape index (κ2) is 6.09. The zero-order chi connectivity index (χ0) is 15.8. The molecule has 0 radical (unpaired) electrons. The van der Waals surface area contributed by atoms with Crippen molar-refractivity contribution in [2.75, 3.05) is 26.3 Å². The molecule has 0 amide bonds. The Balaban J connectivity index is 1.71. The lowest BCUT2D eigenvalue weighted by atomic mass is 9.86. The van der Waals surface area contributed by atoms with Gasteiger partial charge in [0.2, 0.25) is 10.0 Å². The van der Waals surface area contributed by atoms with Crippen LogP contribution in [0.2, 0.25) is 5.02 Å². The number of benzene rings is 1. The highest BCUT2D eigenvalue weighted by atomic mass is 35.5. The van der Waals surface area contributed by atoms with E-state index >= 15 is 0 Å². The number of halogens is 1. The quantitative estimate of drug-likeness (QED) is 0.840. The van der Waals surface area contributed by atoms with E-state index < -0.39 is 15.6 Å². The number of hydrogen-bond donors (Lipinski definition) is 0. The van der Waals surface area contributed by atoms with E-state index in [-0.39, 0.29) is 16.0 Å². The van der Waals surface area contributed by atoms with Gasteiger partial charge in [-0.1, -0.05) is 23.7 Å². The SMILES string of the molecule is CCO[C@H]1CCOC2(C1)CN(S(=O)(=O)c1ccccc1Cl)C2. The Morgan fingerprint density at radius 3 is 2.82 bits per heavy atom. The smallest absolute Gasteiger partial charge is 0.244 e. The van der Waals surface area contributed by atoms with Gasteiger partial charge in [0, 0.05) is 32.7 Å². The summed E-state index contributed by atoms with van der Waals surface area (Å²) in [4.78, 5) is 0.156. The summed E-state index contributed by atoms with van der Waals surface area (Å²) in [5.41, 5.74) is -0.396. The minimum Gasteiger partial charge on any atom is -0.378 e. The Bertz CT molecular complexity index is 641. The van der Waals surface area contributed by atoms with Gasteiger partial charge in [0.25, 0.3) is 0 Å². The van der Waals surface area contributed by atoms with Crippen molar-refractivity contribution in [2.45, 2.75) is 36.4 Å². The number of ether oxygens (including phenoxy) is 2. The maximum absolute atomic E-state index is 12.6. The molecule has 0 saturated carbocycles. The van der Waals surface area contributed by atoms with Crippen LogP contribution in [0.15, 0.2) is 29.2 Å². The van der Waals surface area contributed by atoms with Crippen LogP contribution in [0.25, 0.3) is 0 Å². The van der Waals surface area contributed by atoms with Crippen molar-refractivity contribution in [2.24, 2.45) is 0 Å². The third kappa shape index (κ3) is 2.90. The third-order valence-corrected chi connectivity index (χ3v) is 6.53. The number of nitrogens with zero attached hydrogens (tertiary/aromatic N) is 1. The van der Waals surface area contributed by atoms with E-state index in [1.165, 1.54) is 10.4 Å². The first-order valence-electron chi connectivity index (χ1n) is 7.47. The van der Waals surface area contributed by atoms with Gasteiger partial charge in [-0.2, -0.15) is 4.31 Å². The molecule has 7 heteroatoms. The van der Waals surface area contributed by atoms with Gasteiger partial charge in [0.15, 0.2) is 0 Å². The maximum atomic E-state index is 12.6. The molecular weight excluding hydrogens is 326 g/mol. The van der Waals surface area contributed by atoms with E-state index in [9.17, 15) is 8.42 Å². The molecule has 0 bridgehead atoms. The van der Waals surface area contributed by atoms with E-state index in [0.717, 1.165) is 12.8 Å². The lowest BCUT2D eigenvalue weighted by Gasteiger charge is -2.52. The standard InChI is InChI=1S/C15H20ClNO4S/c1-2-20-12-7-8-21-15(9-12)10-17(11-15)22(18,19)14-6-4-3-5-13(14)16/h3-6,12H,2,7-11H2,1H3/t12-/m0/s1. The molecular formula is C15H20ClNO4S. The molecule has 0 unspecified atom stereocenters. The average Bonchev–Trinajstić information content (AvgIpc) is 2.45. The fraction of sp³-hybridized carbons (Fsp3) is 0.600. The number of rotatable bonds is 4. The highest BCUT2D eigenvalue weighted by Gasteiger charge is 2.52. The minimum absolute atomic E-state index is 0.156. The molecule has 2 heterocycles. The van der Waals surface area contributed by atoms with Crippen LogP contribution in [0, 0.1) is 0 Å². The Hall–Kier alpha value is -0.660. The summed E-state index contributed by atoms with van der Waals surface area (Å²) in [7, 11) is -3.56. The summed E-state index contributed by atoms with van der Waals surface area (Å²) in [5, 5.41) is 0.250. The topological polar surface area (TPSA) is 55.8 Å². The lowest BCUT2D eigenvalue weighted by Crippen LogP contribution is -2.67. The number of hydrogen-bond acceptors (Lipinski definition) is 4. The van der Waals surface area contributed by atoms with Crippen LogP contribution in [0.3, 0.4) is 0 Å². The van der Waals surface area contributed by atoms with Crippen molar-refractivity contribution in [1.82, 2.24) is 4.31 Å². The highest BCUT2D eigenvalue weighted by molar-refractivity contribution is 7.89. The van der Waals surface area contributed by atoms with Gasteiger partial charge in [0.1, 0.15) is 4.90 Å². The molecule has 2 aliphatic rings. The predicted octanol–water partition coefficient (Wildman–Crippen LogP) is 2.30. The summed E-state index contributed by atoms with van der Waals surface area (Å²) < 4.78 is 38.2. The lowest BCUT2D eigenvalue weighted by molar-refractivity contribution is -0.177. The number of sulfonamides is 1. The molecule has 0 aliphatic carbocycles. The maximum Gasteiger partial charge on any atom is 0.244 e. The highest BCUT2D eigenvalue weighted by Crippen LogP contribution is 2.39. The summed E-state index contributed by atoms with van der Waals surface area (Å²) in [6, 6.07) is 6.52. The van der Waals surface area contributed by atoms with Crippen LogP contribution in [-0.2, 0) is 19.5 Å². The van der Waals surface area contributed by atoms with Crippen LogP contribution in [-0.4, -0.2) is 50.7 Å². The van der Waals surface area contributed by atoms with Crippen molar-refractivity contribution in [3.63, 3.8) is 0 Å². The van der Waals surface area contributed by atoms with Crippen LogP contribution in [0.5, 0.6) is 0 Å². The van der Waals surface area contributed by atoms with Crippen molar-refractivity contribution in [3.05, 3.63) is 29.3 Å². The van der Waals surface area contributed by atoms with Gasteiger partial charge < -0.3 is 9.47 Å². The Morgan fingerprint density at radius 1 is 1.41 bits per heavy atom. The molecule has 22 heavy (non-hydrogen) atoms. The van der Waals surface area contributed by atoms with Crippen molar-refractivity contribution in [1.29, 1.82) is 0 Å². The van der Waals surface area contributed by atoms with Crippen molar-refractivity contribution in [3.8, 4) is 0 Å². The van der Waals surface area contributed by atoms with Crippen LogP contribution in [0.1, 0.15) is 19.8 Å². The molecule has 2 saturated heterocycles. The fourth-order valence-electron chi connectivity index (χ4n) is 3.14. The average molecular weight is 346 g/mol. The minimum atomic E-state index is -3.56. The molecule has 2 aliphatic heterocycles. The molecule has 5 nitrogen and oxygen atoms in total.